The Labute approximate surface area is 161 Å². The third kappa shape index (κ3) is 5.38. The van der Waals surface area contributed by atoms with Gasteiger partial charge < -0.3 is 10.2 Å². The van der Waals surface area contributed by atoms with Crippen LogP contribution in [0.1, 0.15) is 11.3 Å². The molecule has 0 saturated heterocycles. The highest BCUT2D eigenvalue weighted by molar-refractivity contribution is 7.13. The summed E-state index contributed by atoms with van der Waals surface area (Å²) in [6.45, 7) is 0.498. The first-order valence-electron chi connectivity index (χ1n) is 8.29. The Bertz CT molecular complexity index is 907. The van der Waals surface area contributed by atoms with Crippen molar-refractivity contribution in [3.8, 4) is 10.8 Å². The van der Waals surface area contributed by atoms with Crippen LogP contribution < -0.4 is 10.2 Å². The van der Waals surface area contributed by atoms with E-state index in [1.54, 1.807) is 36.9 Å². The molecule has 0 atom stereocenters. The molecule has 138 valence electrons. The molecule has 27 heavy (non-hydrogen) atoms. The van der Waals surface area contributed by atoms with Gasteiger partial charge in [0, 0.05) is 68.9 Å². The highest BCUT2D eigenvalue weighted by atomic mass is 32.1. The van der Waals surface area contributed by atoms with Gasteiger partial charge in [-0.15, -0.1) is 11.3 Å². The number of nitrogens with one attached hydrogen (secondary N) is 1. The lowest BCUT2D eigenvalue weighted by molar-refractivity contribution is -0.116. The second kappa shape index (κ2) is 8.95. The zero-order chi connectivity index (χ0) is 19.1. The van der Waals surface area contributed by atoms with Gasteiger partial charge in [-0.05, 0) is 12.1 Å². The maximum Gasteiger partial charge on any atom is 0.244 e. The standard InChI is InChI=1S/C18H19N7OS/c1-25(2)18-22-10-13(11-23-18)4-5-15(26)19-9-6-14-12-27-17(24-14)16-20-7-3-8-21-16/h3-5,7-8,10-12H,6,9H2,1-2H3,(H,19,26). The van der Waals surface area contributed by atoms with Gasteiger partial charge in [-0.3, -0.25) is 4.79 Å². The zero-order valence-electron chi connectivity index (χ0n) is 15.0. The number of carbonyl (C=O) groups excluding carboxylic acids is 1. The fourth-order valence-corrected chi connectivity index (χ4v) is 2.93. The Kier molecular flexibility index (Phi) is 6.16. The first-order valence-corrected chi connectivity index (χ1v) is 9.17. The number of rotatable bonds is 7. The highest BCUT2D eigenvalue weighted by Gasteiger charge is 2.07. The molecular formula is C18H19N7OS. The minimum Gasteiger partial charge on any atom is -0.352 e. The number of carbonyl (C=O) groups is 1. The molecule has 0 unspecified atom stereocenters. The average Bonchev–Trinajstić information content (AvgIpc) is 3.16. The first kappa shape index (κ1) is 18.6. The molecule has 3 aromatic rings. The van der Waals surface area contributed by atoms with E-state index in [0.717, 1.165) is 16.3 Å². The van der Waals surface area contributed by atoms with Crippen LogP contribution in [0.25, 0.3) is 16.9 Å². The van der Waals surface area contributed by atoms with E-state index in [1.807, 2.05) is 24.4 Å². The third-order valence-corrected chi connectivity index (χ3v) is 4.36. The summed E-state index contributed by atoms with van der Waals surface area (Å²) >= 11 is 1.49. The van der Waals surface area contributed by atoms with Crippen LogP contribution in [0.15, 0.2) is 42.3 Å². The van der Waals surface area contributed by atoms with E-state index in [4.69, 9.17) is 0 Å². The van der Waals surface area contributed by atoms with Gasteiger partial charge in [-0.25, -0.2) is 24.9 Å². The Hall–Kier alpha value is -3.20. The second-order valence-electron chi connectivity index (χ2n) is 5.80. The van der Waals surface area contributed by atoms with Gasteiger partial charge in [0.2, 0.25) is 11.9 Å². The van der Waals surface area contributed by atoms with Crippen LogP contribution in [0.2, 0.25) is 0 Å². The van der Waals surface area contributed by atoms with Crippen LogP contribution in [-0.2, 0) is 11.2 Å². The molecular weight excluding hydrogens is 362 g/mol. The molecule has 0 aliphatic rings. The van der Waals surface area contributed by atoms with Gasteiger partial charge in [0.25, 0.3) is 0 Å². The maximum atomic E-state index is 11.9. The zero-order valence-corrected chi connectivity index (χ0v) is 15.8. The monoisotopic (exact) mass is 381 g/mol. The molecule has 3 rings (SSSR count). The van der Waals surface area contributed by atoms with Crippen LogP contribution in [-0.4, -0.2) is 51.5 Å². The topological polar surface area (TPSA) is 96.8 Å². The second-order valence-corrected chi connectivity index (χ2v) is 6.66. The summed E-state index contributed by atoms with van der Waals surface area (Å²) in [7, 11) is 3.74. The van der Waals surface area contributed by atoms with Crippen molar-refractivity contribution in [1.29, 1.82) is 0 Å². The number of nitrogens with zero attached hydrogens (tertiary/aromatic N) is 6. The molecule has 0 aromatic carbocycles. The minimum atomic E-state index is -0.173. The number of aromatic nitrogens is 5. The van der Waals surface area contributed by atoms with E-state index in [2.05, 4.69) is 30.2 Å². The molecule has 0 spiro atoms. The fourth-order valence-electron chi connectivity index (χ4n) is 2.13. The van der Waals surface area contributed by atoms with Gasteiger partial charge in [-0.2, -0.15) is 0 Å². The van der Waals surface area contributed by atoms with Crippen molar-refractivity contribution < 1.29 is 4.79 Å². The van der Waals surface area contributed by atoms with E-state index in [-0.39, 0.29) is 5.91 Å². The lowest BCUT2D eigenvalue weighted by Crippen LogP contribution is -2.23. The van der Waals surface area contributed by atoms with Crippen molar-refractivity contribution in [2.24, 2.45) is 0 Å². The molecule has 3 heterocycles. The quantitative estimate of drug-likeness (QED) is 0.624. The van der Waals surface area contributed by atoms with Crippen LogP contribution >= 0.6 is 11.3 Å². The number of hydrogen-bond donors (Lipinski definition) is 1. The van der Waals surface area contributed by atoms with Crippen molar-refractivity contribution in [2.45, 2.75) is 6.42 Å². The molecule has 3 aromatic heterocycles. The Morgan fingerprint density at radius 3 is 2.63 bits per heavy atom. The normalized spacial score (nSPS) is 10.9. The van der Waals surface area contributed by atoms with E-state index in [1.165, 1.54) is 17.4 Å². The first-order chi connectivity index (χ1) is 13.1. The van der Waals surface area contributed by atoms with Gasteiger partial charge in [-0.1, -0.05) is 0 Å². The molecule has 0 aliphatic carbocycles. The van der Waals surface area contributed by atoms with Crippen LogP contribution in [0.4, 0.5) is 5.95 Å². The molecule has 0 aliphatic heterocycles. The predicted molar refractivity (Wildman–Crippen MR) is 105 cm³/mol. The lowest BCUT2D eigenvalue weighted by Gasteiger charge is -2.08. The van der Waals surface area contributed by atoms with Crippen LogP contribution in [0.3, 0.4) is 0 Å². The molecule has 0 fully saturated rings. The maximum absolute atomic E-state index is 11.9. The van der Waals surface area contributed by atoms with Crippen molar-refractivity contribution >= 4 is 29.3 Å². The Morgan fingerprint density at radius 2 is 1.93 bits per heavy atom. The van der Waals surface area contributed by atoms with E-state index < -0.39 is 0 Å². The number of thiazole rings is 1. The smallest absolute Gasteiger partial charge is 0.244 e. The summed E-state index contributed by atoms with van der Waals surface area (Å²) in [6, 6.07) is 1.77. The Morgan fingerprint density at radius 1 is 1.19 bits per heavy atom. The van der Waals surface area contributed by atoms with E-state index >= 15 is 0 Å². The summed E-state index contributed by atoms with van der Waals surface area (Å²) in [5.41, 5.74) is 1.67. The summed E-state index contributed by atoms with van der Waals surface area (Å²) in [5.74, 6) is 1.07. The molecule has 9 heteroatoms. The van der Waals surface area contributed by atoms with Gasteiger partial charge in [0.1, 0.15) is 0 Å². The SMILES string of the molecule is CN(C)c1ncc(C=CC(=O)NCCc2csc(-c3ncccn3)n2)cn1. The summed E-state index contributed by atoms with van der Waals surface area (Å²) in [6.07, 6.45) is 10.5. The van der Waals surface area contributed by atoms with Gasteiger partial charge in [0.05, 0.1) is 5.69 Å². The number of amides is 1. The van der Waals surface area contributed by atoms with Gasteiger partial charge >= 0.3 is 0 Å². The molecule has 8 nitrogen and oxygen atoms in total. The molecule has 1 N–H and O–H groups in total. The van der Waals surface area contributed by atoms with Gasteiger partial charge in [0.15, 0.2) is 10.8 Å². The summed E-state index contributed by atoms with van der Waals surface area (Å²) in [5, 5.41) is 5.57. The Balaban J connectivity index is 1.46. The van der Waals surface area contributed by atoms with Crippen molar-refractivity contribution in [3.05, 3.63) is 53.6 Å². The average molecular weight is 381 g/mol. The summed E-state index contributed by atoms with van der Waals surface area (Å²) < 4.78 is 0. The predicted octanol–water partition coefficient (Wildman–Crippen LogP) is 1.83. The molecule has 0 radical (unpaired) electrons. The third-order valence-electron chi connectivity index (χ3n) is 3.47. The van der Waals surface area contributed by atoms with Crippen molar-refractivity contribution in [1.82, 2.24) is 30.2 Å². The number of anilines is 1. The van der Waals surface area contributed by atoms with Crippen LogP contribution in [0, 0.1) is 0 Å². The number of hydrogen-bond acceptors (Lipinski definition) is 8. The largest absolute Gasteiger partial charge is 0.352 e. The highest BCUT2D eigenvalue weighted by Crippen LogP contribution is 2.19. The minimum absolute atomic E-state index is 0.173. The van der Waals surface area contributed by atoms with Crippen molar-refractivity contribution in [3.63, 3.8) is 0 Å². The molecule has 1 amide bonds. The van der Waals surface area contributed by atoms with Crippen molar-refractivity contribution in [2.75, 3.05) is 25.5 Å². The fraction of sp³-hybridized carbons (Fsp3) is 0.222. The molecule has 0 bridgehead atoms. The van der Waals surface area contributed by atoms with E-state index in [9.17, 15) is 4.79 Å². The summed E-state index contributed by atoms with van der Waals surface area (Å²) in [4.78, 5) is 35.0. The molecule has 0 saturated carbocycles. The van der Waals surface area contributed by atoms with E-state index in [0.29, 0.717) is 24.7 Å². The van der Waals surface area contributed by atoms with Crippen LogP contribution in [0.5, 0.6) is 0 Å². The lowest BCUT2D eigenvalue weighted by atomic mass is 10.3.